The van der Waals surface area contributed by atoms with Crippen molar-refractivity contribution < 1.29 is 19.1 Å². The van der Waals surface area contributed by atoms with E-state index in [9.17, 15) is 14.4 Å². The van der Waals surface area contributed by atoms with E-state index in [1.807, 2.05) is 51.1 Å². The molecule has 0 fully saturated rings. The minimum Gasteiger partial charge on any atom is -0.444 e. The fourth-order valence-electron chi connectivity index (χ4n) is 2.73. The number of alkyl carbamates (subject to hydrolysis) is 1. The minimum atomic E-state index is -0.490. The van der Waals surface area contributed by atoms with Crippen molar-refractivity contribution >= 4 is 17.9 Å². The Morgan fingerprint density at radius 2 is 1.33 bits per heavy atom. The lowest BCUT2D eigenvalue weighted by molar-refractivity contribution is -0.121. The van der Waals surface area contributed by atoms with E-state index in [0.717, 1.165) is 37.7 Å². The lowest BCUT2D eigenvalue weighted by atomic mass is 10.1. The van der Waals surface area contributed by atoms with E-state index < -0.39 is 11.7 Å². The predicted molar refractivity (Wildman–Crippen MR) is 118 cm³/mol. The number of hydrogen-bond donors (Lipinski definition) is 3. The Hall–Kier alpha value is -2.57. The normalized spacial score (nSPS) is 10.9. The van der Waals surface area contributed by atoms with E-state index in [-0.39, 0.29) is 11.8 Å². The largest absolute Gasteiger partial charge is 0.444 e. The van der Waals surface area contributed by atoms with Gasteiger partial charge in [-0.1, -0.05) is 36.8 Å². The van der Waals surface area contributed by atoms with E-state index in [0.29, 0.717) is 32.5 Å². The van der Waals surface area contributed by atoms with Crippen LogP contribution in [-0.4, -0.2) is 43.1 Å². The number of ether oxygens (including phenoxy) is 1. The van der Waals surface area contributed by atoms with Crippen LogP contribution in [0.2, 0.25) is 0 Å². The molecule has 0 aromatic heterocycles. The van der Waals surface area contributed by atoms with Crippen LogP contribution in [0.1, 0.15) is 64.9 Å². The fourth-order valence-corrected chi connectivity index (χ4v) is 2.73. The number of nitrogens with one attached hydrogen (secondary N) is 3. The summed E-state index contributed by atoms with van der Waals surface area (Å²) in [6.07, 6.45) is 4.61. The lowest BCUT2D eigenvalue weighted by Gasteiger charge is -2.19. The summed E-state index contributed by atoms with van der Waals surface area (Å²) in [4.78, 5) is 35.1. The molecule has 0 spiro atoms. The summed E-state index contributed by atoms with van der Waals surface area (Å²) >= 11 is 0. The topological polar surface area (TPSA) is 96.5 Å². The third-order valence-electron chi connectivity index (χ3n) is 4.20. The van der Waals surface area contributed by atoms with Crippen molar-refractivity contribution in [2.24, 2.45) is 0 Å². The predicted octanol–water partition coefficient (Wildman–Crippen LogP) is 3.33. The molecule has 0 saturated carbocycles. The van der Waals surface area contributed by atoms with Crippen molar-refractivity contribution in [1.82, 2.24) is 16.0 Å². The van der Waals surface area contributed by atoms with Crippen molar-refractivity contribution in [2.75, 3.05) is 19.6 Å². The number of amides is 3. The van der Waals surface area contributed by atoms with Gasteiger partial charge in [0.2, 0.25) is 11.8 Å². The maximum Gasteiger partial charge on any atom is 0.407 e. The Morgan fingerprint density at radius 3 is 1.97 bits per heavy atom. The molecule has 0 unspecified atom stereocenters. The first-order valence-electron chi connectivity index (χ1n) is 10.8. The summed E-state index contributed by atoms with van der Waals surface area (Å²) in [7, 11) is 0. The highest BCUT2D eigenvalue weighted by Gasteiger charge is 2.15. The van der Waals surface area contributed by atoms with Crippen LogP contribution in [0.3, 0.4) is 0 Å². The van der Waals surface area contributed by atoms with E-state index in [1.54, 1.807) is 0 Å². The molecule has 7 heteroatoms. The molecule has 30 heavy (non-hydrogen) atoms. The van der Waals surface area contributed by atoms with Crippen LogP contribution in [0.15, 0.2) is 30.3 Å². The van der Waals surface area contributed by atoms with Crippen molar-refractivity contribution in [3.63, 3.8) is 0 Å². The van der Waals surface area contributed by atoms with Gasteiger partial charge in [-0.3, -0.25) is 9.59 Å². The van der Waals surface area contributed by atoms with Crippen LogP contribution >= 0.6 is 0 Å². The summed E-state index contributed by atoms with van der Waals surface area (Å²) in [6, 6.07) is 9.65. The van der Waals surface area contributed by atoms with Gasteiger partial charge in [0.25, 0.3) is 0 Å². The zero-order chi connectivity index (χ0) is 22.2. The Bertz CT molecular complexity index is 642. The molecule has 1 aromatic carbocycles. The third kappa shape index (κ3) is 14.4. The number of carbonyl (C=O) groups is 3. The maximum absolute atomic E-state index is 11.8. The highest BCUT2D eigenvalue weighted by molar-refractivity contribution is 5.78. The molecule has 7 nitrogen and oxygen atoms in total. The Morgan fingerprint density at radius 1 is 0.767 bits per heavy atom. The molecule has 0 aliphatic carbocycles. The first-order valence-corrected chi connectivity index (χ1v) is 10.8. The molecule has 0 aliphatic heterocycles. The highest BCUT2D eigenvalue weighted by Crippen LogP contribution is 2.06. The monoisotopic (exact) mass is 419 g/mol. The minimum absolute atomic E-state index is 0.0198. The quantitative estimate of drug-likeness (QED) is 0.427. The fraction of sp³-hybridized carbons (Fsp3) is 0.609. The van der Waals surface area contributed by atoms with E-state index >= 15 is 0 Å². The first kappa shape index (κ1) is 25.5. The second-order valence-corrected chi connectivity index (χ2v) is 8.31. The van der Waals surface area contributed by atoms with Crippen LogP contribution in [-0.2, 0) is 20.7 Å². The number of benzene rings is 1. The van der Waals surface area contributed by atoms with Gasteiger partial charge in [-0.15, -0.1) is 0 Å². The second-order valence-electron chi connectivity index (χ2n) is 8.31. The van der Waals surface area contributed by atoms with Crippen LogP contribution < -0.4 is 16.0 Å². The number of hydrogen-bond acceptors (Lipinski definition) is 4. The molecular formula is C23H37N3O4. The van der Waals surface area contributed by atoms with E-state index in [2.05, 4.69) is 16.0 Å². The summed E-state index contributed by atoms with van der Waals surface area (Å²) in [5.41, 5.74) is 0.513. The van der Waals surface area contributed by atoms with Gasteiger partial charge in [-0.05, 0) is 52.0 Å². The Balaban J connectivity index is 1.91. The zero-order valence-corrected chi connectivity index (χ0v) is 18.6. The molecular weight excluding hydrogens is 382 g/mol. The molecule has 0 bridgehead atoms. The van der Waals surface area contributed by atoms with E-state index in [1.165, 1.54) is 0 Å². The molecule has 0 heterocycles. The van der Waals surface area contributed by atoms with Gasteiger partial charge in [0.15, 0.2) is 0 Å². The molecule has 0 atom stereocenters. The van der Waals surface area contributed by atoms with Gasteiger partial charge >= 0.3 is 6.09 Å². The number of unbranched alkanes of at least 4 members (excludes halogenated alkanes) is 3. The van der Waals surface area contributed by atoms with Crippen LogP contribution in [0.25, 0.3) is 0 Å². The Labute approximate surface area is 180 Å². The third-order valence-corrected chi connectivity index (χ3v) is 4.20. The average molecular weight is 420 g/mol. The molecule has 168 valence electrons. The second kappa shape index (κ2) is 14.4. The van der Waals surface area contributed by atoms with Crippen molar-refractivity contribution in [3.8, 4) is 0 Å². The molecule has 0 radical (unpaired) electrons. The number of rotatable bonds is 13. The zero-order valence-electron chi connectivity index (χ0n) is 18.6. The van der Waals surface area contributed by atoms with Gasteiger partial charge in [0, 0.05) is 26.1 Å². The molecule has 1 aromatic rings. The SMILES string of the molecule is CC(C)(C)OC(=O)NCCCCCC(=O)NCCCCNC(=O)Cc1ccccc1. The summed E-state index contributed by atoms with van der Waals surface area (Å²) in [6.45, 7) is 7.26. The van der Waals surface area contributed by atoms with Gasteiger partial charge in [0.1, 0.15) is 5.60 Å². The average Bonchev–Trinajstić information content (AvgIpc) is 2.66. The summed E-state index contributed by atoms with van der Waals surface area (Å²) < 4.78 is 5.16. The van der Waals surface area contributed by atoms with Gasteiger partial charge in [-0.2, -0.15) is 0 Å². The van der Waals surface area contributed by atoms with E-state index in [4.69, 9.17) is 4.74 Å². The highest BCUT2D eigenvalue weighted by atomic mass is 16.6. The summed E-state index contributed by atoms with van der Waals surface area (Å²) in [5.74, 6) is 0.0645. The molecule has 1 rings (SSSR count). The molecule has 0 aliphatic rings. The Kier molecular flexibility index (Phi) is 12.2. The summed E-state index contributed by atoms with van der Waals surface area (Å²) in [5, 5.41) is 8.52. The first-order chi connectivity index (χ1) is 14.3. The van der Waals surface area contributed by atoms with Crippen LogP contribution in [0.4, 0.5) is 4.79 Å². The molecule has 0 saturated heterocycles. The lowest BCUT2D eigenvalue weighted by Crippen LogP contribution is -2.33. The molecule has 3 amide bonds. The van der Waals surface area contributed by atoms with Gasteiger partial charge in [0.05, 0.1) is 6.42 Å². The van der Waals surface area contributed by atoms with Crippen molar-refractivity contribution in [1.29, 1.82) is 0 Å². The van der Waals surface area contributed by atoms with Gasteiger partial charge < -0.3 is 20.7 Å². The van der Waals surface area contributed by atoms with Crippen molar-refractivity contribution in [2.45, 2.75) is 71.3 Å². The van der Waals surface area contributed by atoms with Crippen molar-refractivity contribution in [3.05, 3.63) is 35.9 Å². The standard InChI is InChI=1S/C23H37N3O4/c1-23(2,3)30-22(29)26-17-9-5-8-14-20(27)24-15-10-11-16-25-21(28)18-19-12-6-4-7-13-19/h4,6-7,12-13H,5,8-11,14-18H2,1-3H3,(H,24,27)(H,25,28)(H,26,29). The molecule has 3 N–H and O–H groups in total. The maximum atomic E-state index is 11.8. The van der Waals surface area contributed by atoms with Crippen LogP contribution in [0, 0.1) is 0 Å². The van der Waals surface area contributed by atoms with Crippen LogP contribution in [0.5, 0.6) is 0 Å². The van der Waals surface area contributed by atoms with Gasteiger partial charge in [-0.25, -0.2) is 4.79 Å². The number of carbonyl (C=O) groups excluding carboxylic acids is 3. The smallest absolute Gasteiger partial charge is 0.407 e.